The average Bonchev–Trinajstić information content (AvgIpc) is 2.43. The fourth-order valence-corrected chi connectivity index (χ4v) is 1.72. The van der Waals surface area contributed by atoms with Gasteiger partial charge in [-0.3, -0.25) is 4.79 Å². The minimum absolute atomic E-state index is 0.0171. The number of halogens is 2. The van der Waals surface area contributed by atoms with E-state index in [0.717, 1.165) is 0 Å². The lowest BCUT2D eigenvalue weighted by molar-refractivity contribution is -0.0498. The van der Waals surface area contributed by atoms with Crippen LogP contribution in [-0.4, -0.2) is 17.6 Å². The van der Waals surface area contributed by atoms with Crippen LogP contribution in [0, 0.1) is 6.92 Å². The number of carbonyl (C=O) groups excluding carboxylic acids is 1. The zero-order chi connectivity index (χ0) is 15.4. The first-order chi connectivity index (χ1) is 9.95. The number of aromatic hydroxyl groups is 1. The van der Waals surface area contributed by atoms with Gasteiger partial charge in [0.15, 0.2) is 0 Å². The number of aryl methyl sites for hydroxylation is 1. The van der Waals surface area contributed by atoms with Crippen LogP contribution in [0.15, 0.2) is 42.5 Å². The summed E-state index contributed by atoms with van der Waals surface area (Å²) in [6.45, 7) is -1.20. The van der Waals surface area contributed by atoms with Crippen LogP contribution < -0.4 is 10.1 Å². The van der Waals surface area contributed by atoms with Crippen molar-refractivity contribution in [2.45, 2.75) is 13.5 Å². The van der Waals surface area contributed by atoms with Crippen LogP contribution in [0.5, 0.6) is 11.5 Å². The quantitative estimate of drug-likeness (QED) is 0.906. The van der Waals surface area contributed by atoms with Gasteiger partial charge in [0.05, 0.1) is 0 Å². The second-order valence-electron chi connectivity index (χ2n) is 4.36. The third-order valence-electron chi connectivity index (χ3n) is 2.80. The van der Waals surface area contributed by atoms with Crippen LogP contribution in [0.1, 0.15) is 15.9 Å². The summed E-state index contributed by atoms with van der Waals surface area (Å²) in [5.74, 6) is -0.232. The summed E-state index contributed by atoms with van der Waals surface area (Å²) in [6.07, 6.45) is 0. The van der Waals surface area contributed by atoms with Crippen LogP contribution in [0.4, 0.5) is 14.5 Å². The number of rotatable bonds is 4. The molecule has 2 N–H and O–H groups in total. The van der Waals surface area contributed by atoms with E-state index in [-0.39, 0.29) is 17.4 Å². The molecule has 0 atom stereocenters. The van der Waals surface area contributed by atoms with E-state index in [4.69, 9.17) is 0 Å². The monoisotopic (exact) mass is 293 g/mol. The molecule has 0 aromatic heterocycles. The van der Waals surface area contributed by atoms with Crippen molar-refractivity contribution >= 4 is 11.6 Å². The molecular formula is C15H13F2NO3. The highest BCUT2D eigenvalue weighted by molar-refractivity contribution is 6.04. The Kier molecular flexibility index (Phi) is 4.37. The predicted octanol–water partition coefficient (Wildman–Crippen LogP) is 3.55. The van der Waals surface area contributed by atoms with Gasteiger partial charge < -0.3 is 15.2 Å². The summed E-state index contributed by atoms with van der Waals surface area (Å²) in [5, 5.41) is 12.0. The van der Waals surface area contributed by atoms with E-state index < -0.39 is 6.61 Å². The Hall–Kier alpha value is -2.63. The lowest BCUT2D eigenvalue weighted by atomic mass is 10.1. The summed E-state index contributed by atoms with van der Waals surface area (Å²) in [6, 6.07) is 10.1. The summed E-state index contributed by atoms with van der Waals surface area (Å²) < 4.78 is 28.2. The van der Waals surface area contributed by atoms with Crippen LogP contribution >= 0.6 is 0 Å². The maximum Gasteiger partial charge on any atom is 0.387 e. The van der Waals surface area contributed by atoms with Gasteiger partial charge in [0.25, 0.3) is 5.91 Å². The van der Waals surface area contributed by atoms with E-state index >= 15 is 0 Å². The molecule has 0 aliphatic rings. The molecule has 2 rings (SSSR count). The molecule has 110 valence electrons. The number of amides is 1. The summed E-state index contributed by atoms with van der Waals surface area (Å²) in [4.78, 5) is 12.0. The van der Waals surface area contributed by atoms with Gasteiger partial charge in [-0.2, -0.15) is 8.78 Å². The molecule has 21 heavy (non-hydrogen) atoms. The molecule has 6 heteroatoms. The molecule has 4 nitrogen and oxygen atoms in total. The van der Waals surface area contributed by atoms with Crippen molar-refractivity contribution in [1.82, 2.24) is 0 Å². The number of phenolic OH excluding ortho intramolecular Hbond substituents is 1. The number of nitrogens with one attached hydrogen (secondary N) is 1. The lowest BCUT2D eigenvalue weighted by Gasteiger charge is -2.08. The molecule has 0 bridgehead atoms. The van der Waals surface area contributed by atoms with Gasteiger partial charge in [-0.05, 0) is 55.0 Å². The lowest BCUT2D eigenvalue weighted by Crippen LogP contribution is -2.12. The molecule has 0 fully saturated rings. The van der Waals surface area contributed by atoms with E-state index in [1.165, 1.54) is 36.4 Å². The van der Waals surface area contributed by atoms with Crippen molar-refractivity contribution in [3.8, 4) is 11.5 Å². The van der Waals surface area contributed by atoms with E-state index in [9.17, 15) is 18.7 Å². The first-order valence-electron chi connectivity index (χ1n) is 6.11. The minimum atomic E-state index is -2.88. The second-order valence-corrected chi connectivity index (χ2v) is 4.36. The smallest absolute Gasteiger partial charge is 0.387 e. The molecule has 1 amide bonds. The van der Waals surface area contributed by atoms with E-state index in [2.05, 4.69) is 10.1 Å². The maximum atomic E-state index is 12.0. The van der Waals surface area contributed by atoms with Crippen molar-refractivity contribution in [2.75, 3.05) is 5.32 Å². The minimum Gasteiger partial charge on any atom is -0.508 e. The number of hydrogen-bond donors (Lipinski definition) is 2. The van der Waals surface area contributed by atoms with E-state index in [0.29, 0.717) is 16.8 Å². The van der Waals surface area contributed by atoms with Crippen molar-refractivity contribution in [2.24, 2.45) is 0 Å². The zero-order valence-corrected chi connectivity index (χ0v) is 11.1. The fraction of sp³-hybridized carbons (Fsp3) is 0.133. The van der Waals surface area contributed by atoms with E-state index in [1.807, 2.05) is 0 Å². The van der Waals surface area contributed by atoms with Gasteiger partial charge in [-0.15, -0.1) is 0 Å². The fourth-order valence-electron chi connectivity index (χ4n) is 1.72. The highest BCUT2D eigenvalue weighted by Crippen LogP contribution is 2.20. The van der Waals surface area contributed by atoms with Gasteiger partial charge >= 0.3 is 6.61 Å². The average molecular weight is 293 g/mol. The molecule has 0 aliphatic heterocycles. The number of phenols is 1. The Bertz CT molecular complexity index is 642. The maximum absolute atomic E-state index is 12.0. The molecule has 0 spiro atoms. The van der Waals surface area contributed by atoms with Crippen molar-refractivity contribution in [3.63, 3.8) is 0 Å². The molecule has 0 saturated carbocycles. The van der Waals surface area contributed by atoms with Gasteiger partial charge in [-0.1, -0.05) is 0 Å². The van der Waals surface area contributed by atoms with Crippen LogP contribution in [0.3, 0.4) is 0 Å². The normalized spacial score (nSPS) is 10.5. The number of benzene rings is 2. The zero-order valence-electron chi connectivity index (χ0n) is 11.1. The van der Waals surface area contributed by atoms with Crippen molar-refractivity contribution < 1.29 is 23.4 Å². The van der Waals surface area contributed by atoms with Gasteiger partial charge in [0.2, 0.25) is 0 Å². The molecule has 0 unspecified atom stereocenters. The molecule has 0 saturated heterocycles. The summed E-state index contributed by atoms with van der Waals surface area (Å²) >= 11 is 0. The molecular weight excluding hydrogens is 280 g/mol. The Labute approximate surface area is 120 Å². The number of carbonyl (C=O) groups is 1. The molecule has 0 radical (unpaired) electrons. The third-order valence-corrected chi connectivity index (χ3v) is 2.80. The first-order valence-corrected chi connectivity index (χ1v) is 6.11. The SMILES string of the molecule is Cc1cc(C(=O)Nc2ccc(OC(F)F)cc2)ccc1O. The number of alkyl halides is 2. The first kappa shape index (κ1) is 14.8. The van der Waals surface area contributed by atoms with Crippen LogP contribution in [0.2, 0.25) is 0 Å². The third kappa shape index (κ3) is 3.92. The summed E-state index contributed by atoms with van der Waals surface area (Å²) in [5.41, 5.74) is 1.42. The van der Waals surface area contributed by atoms with Gasteiger partial charge in [0, 0.05) is 11.3 Å². The Morgan fingerprint density at radius 1 is 1.19 bits per heavy atom. The largest absolute Gasteiger partial charge is 0.508 e. The standard InChI is InChI=1S/C15H13F2NO3/c1-9-8-10(2-7-13(9)19)14(20)18-11-3-5-12(6-4-11)21-15(16)17/h2-8,15,19H,1H3,(H,18,20). The summed E-state index contributed by atoms with van der Waals surface area (Å²) in [7, 11) is 0. The van der Waals surface area contributed by atoms with E-state index in [1.54, 1.807) is 13.0 Å². The van der Waals surface area contributed by atoms with Crippen molar-refractivity contribution in [3.05, 3.63) is 53.6 Å². The highest BCUT2D eigenvalue weighted by Gasteiger charge is 2.09. The number of hydrogen-bond acceptors (Lipinski definition) is 3. The van der Waals surface area contributed by atoms with Crippen LogP contribution in [-0.2, 0) is 0 Å². The molecule has 2 aromatic rings. The highest BCUT2D eigenvalue weighted by atomic mass is 19.3. The second kappa shape index (κ2) is 6.21. The Morgan fingerprint density at radius 2 is 1.86 bits per heavy atom. The Morgan fingerprint density at radius 3 is 2.43 bits per heavy atom. The Balaban J connectivity index is 2.06. The number of ether oxygens (including phenoxy) is 1. The number of anilines is 1. The topological polar surface area (TPSA) is 58.6 Å². The van der Waals surface area contributed by atoms with Gasteiger partial charge in [-0.25, -0.2) is 0 Å². The van der Waals surface area contributed by atoms with Crippen molar-refractivity contribution in [1.29, 1.82) is 0 Å². The van der Waals surface area contributed by atoms with Gasteiger partial charge in [0.1, 0.15) is 11.5 Å². The molecule has 2 aromatic carbocycles. The molecule has 0 heterocycles. The predicted molar refractivity (Wildman–Crippen MR) is 73.9 cm³/mol. The van der Waals surface area contributed by atoms with Crippen LogP contribution in [0.25, 0.3) is 0 Å². The molecule has 0 aliphatic carbocycles.